The highest BCUT2D eigenvalue weighted by Gasteiger charge is 2.35. The predicted octanol–water partition coefficient (Wildman–Crippen LogP) is 5.27. The van der Waals surface area contributed by atoms with Crippen molar-refractivity contribution in [1.29, 1.82) is 0 Å². The Kier molecular flexibility index (Phi) is 6.88. The summed E-state index contributed by atoms with van der Waals surface area (Å²) in [7, 11) is 0. The molecule has 1 amide bonds. The smallest absolute Gasteiger partial charge is 0.410 e. The van der Waals surface area contributed by atoms with Gasteiger partial charge in [-0.05, 0) is 38.3 Å². The normalized spacial score (nSPS) is 22.1. The molecule has 2 aliphatic rings. The number of thiazole rings is 1. The molecule has 0 N–H and O–H groups in total. The second kappa shape index (κ2) is 10.1. The number of hydrogen-bond acceptors (Lipinski definition) is 6. The van der Waals surface area contributed by atoms with E-state index in [9.17, 15) is 13.6 Å². The van der Waals surface area contributed by atoms with Gasteiger partial charge in [-0.1, -0.05) is 41.7 Å². The monoisotopic (exact) mass is 500 g/mol. The number of halogens is 2. The number of ether oxygens (including phenoxy) is 1. The summed E-state index contributed by atoms with van der Waals surface area (Å²) in [4.78, 5) is 23.9. The Labute approximate surface area is 208 Å². The molecule has 0 radical (unpaired) electrons. The van der Waals surface area contributed by atoms with Crippen LogP contribution in [0.2, 0.25) is 0 Å². The van der Waals surface area contributed by atoms with Crippen LogP contribution in [0.3, 0.4) is 0 Å². The first kappa shape index (κ1) is 23.9. The third kappa shape index (κ3) is 5.26. The maximum Gasteiger partial charge on any atom is 0.410 e. The molecule has 3 aromatic rings. The first-order chi connectivity index (χ1) is 16.9. The SMILES string of the molecule is C[C@@H]1CN(c2nc3cc(F)c(F)cc3s2)[C@@H](C)CN1C(=O)OC1CCN(Cc2ccccc2)CC1. The molecule has 2 saturated heterocycles. The van der Waals surface area contributed by atoms with Crippen LogP contribution in [0.5, 0.6) is 0 Å². The van der Waals surface area contributed by atoms with Gasteiger partial charge in [0.15, 0.2) is 16.8 Å². The lowest BCUT2D eigenvalue weighted by atomic mass is 10.1. The molecule has 0 unspecified atom stereocenters. The molecule has 6 nitrogen and oxygen atoms in total. The average molecular weight is 501 g/mol. The lowest BCUT2D eigenvalue weighted by molar-refractivity contribution is 0.0166. The summed E-state index contributed by atoms with van der Waals surface area (Å²) < 4.78 is 33.7. The van der Waals surface area contributed by atoms with Crippen molar-refractivity contribution in [3.05, 3.63) is 59.7 Å². The van der Waals surface area contributed by atoms with Crippen molar-refractivity contribution < 1.29 is 18.3 Å². The molecule has 1 aromatic heterocycles. The molecule has 186 valence electrons. The molecule has 2 atom stereocenters. The number of rotatable bonds is 4. The maximum absolute atomic E-state index is 13.6. The largest absolute Gasteiger partial charge is 0.446 e. The number of amides is 1. The van der Waals surface area contributed by atoms with E-state index < -0.39 is 11.6 Å². The summed E-state index contributed by atoms with van der Waals surface area (Å²) >= 11 is 1.34. The highest BCUT2D eigenvalue weighted by atomic mass is 32.1. The fourth-order valence-corrected chi connectivity index (χ4v) is 6.00. The van der Waals surface area contributed by atoms with Crippen molar-refractivity contribution in [3.63, 3.8) is 0 Å². The van der Waals surface area contributed by atoms with Crippen LogP contribution in [-0.4, -0.2) is 65.2 Å². The molecule has 5 rings (SSSR count). The van der Waals surface area contributed by atoms with Crippen LogP contribution in [0, 0.1) is 11.6 Å². The number of hydrogen-bond donors (Lipinski definition) is 0. The fraction of sp³-hybridized carbons (Fsp3) is 0.462. The zero-order chi connectivity index (χ0) is 24.5. The summed E-state index contributed by atoms with van der Waals surface area (Å²) in [6.07, 6.45) is 1.34. The van der Waals surface area contributed by atoms with Crippen molar-refractivity contribution in [2.24, 2.45) is 0 Å². The molecule has 0 spiro atoms. The number of carbonyl (C=O) groups is 1. The molecule has 35 heavy (non-hydrogen) atoms. The fourth-order valence-electron chi connectivity index (χ4n) is 4.92. The standard InChI is InChI=1S/C26H30F2N4O2S/c1-17-15-32(18(2)14-31(17)25-29-23-12-21(27)22(28)13-24(23)35-25)26(33)34-20-8-10-30(11-9-20)16-19-6-4-3-5-7-19/h3-7,12-13,17-18,20H,8-11,14-16H2,1-2H3/t17-,18+/m0/s1. The van der Waals surface area contributed by atoms with Gasteiger partial charge in [-0.2, -0.15) is 0 Å². The summed E-state index contributed by atoms with van der Waals surface area (Å²) in [6, 6.07) is 12.7. The number of fused-ring (bicyclic) bond motifs is 1. The van der Waals surface area contributed by atoms with Crippen LogP contribution in [0.4, 0.5) is 18.7 Å². The molecule has 0 bridgehead atoms. The first-order valence-corrected chi connectivity index (χ1v) is 12.9. The molecular weight excluding hydrogens is 470 g/mol. The predicted molar refractivity (Wildman–Crippen MR) is 134 cm³/mol. The molecule has 3 heterocycles. The lowest BCUT2D eigenvalue weighted by Gasteiger charge is -2.44. The number of anilines is 1. The van der Waals surface area contributed by atoms with Gasteiger partial charge in [0, 0.05) is 50.9 Å². The van der Waals surface area contributed by atoms with Gasteiger partial charge >= 0.3 is 6.09 Å². The number of likely N-dealkylation sites (tertiary alicyclic amines) is 1. The second-order valence-electron chi connectivity index (χ2n) is 9.58. The quantitative estimate of drug-likeness (QED) is 0.488. The van der Waals surface area contributed by atoms with Gasteiger partial charge in [0.2, 0.25) is 0 Å². The Bertz CT molecular complexity index is 1140. The minimum atomic E-state index is -0.894. The van der Waals surface area contributed by atoms with Gasteiger partial charge in [-0.25, -0.2) is 18.6 Å². The van der Waals surface area contributed by atoms with Gasteiger partial charge < -0.3 is 14.5 Å². The molecule has 2 fully saturated rings. The number of aromatic nitrogens is 1. The molecule has 0 aliphatic carbocycles. The van der Waals surface area contributed by atoms with Crippen LogP contribution in [0.25, 0.3) is 10.2 Å². The van der Waals surface area contributed by atoms with Crippen molar-refractivity contribution in [3.8, 4) is 0 Å². The van der Waals surface area contributed by atoms with E-state index in [-0.39, 0.29) is 24.3 Å². The Balaban J connectivity index is 1.16. The van der Waals surface area contributed by atoms with Crippen LogP contribution < -0.4 is 4.90 Å². The minimum absolute atomic E-state index is 0.00160. The number of piperidine rings is 1. The molecule has 0 saturated carbocycles. The summed E-state index contributed by atoms with van der Waals surface area (Å²) in [5.74, 6) is -1.76. The Morgan fingerprint density at radius 1 is 1.06 bits per heavy atom. The highest BCUT2D eigenvalue weighted by molar-refractivity contribution is 7.22. The number of benzene rings is 2. The van der Waals surface area contributed by atoms with Crippen LogP contribution in [0.1, 0.15) is 32.3 Å². The number of carbonyl (C=O) groups excluding carboxylic acids is 1. The Hall–Kier alpha value is -2.78. The van der Waals surface area contributed by atoms with Gasteiger partial charge in [-0.3, -0.25) is 4.90 Å². The summed E-state index contributed by atoms with van der Waals surface area (Å²) in [5, 5.41) is 0.711. The lowest BCUT2D eigenvalue weighted by Crippen LogP contribution is -2.58. The van der Waals surface area contributed by atoms with E-state index in [2.05, 4.69) is 39.0 Å². The molecule has 9 heteroatoms. The van der Waals surface area contributed by atoms with Crippen LogP contribution >= 0.6 is 11.3 Å². The van der Waals surface area contributed by atoms with Gasteiger partial charge in [0.1, 0.15) is 6.10 Å². The first-order valence-electron chi connectivity index (χ1n) is 12.1. The van der Waals surface area contributed by atoms with Crippen molar-refractivity contribution in [1.82, 2.24) is 14.8 Å². The third-order valence-electron chi connectivity index (χ3n) is 6.94. The van der Waals surface area contributed by atoms with E-state index in [1.807, 2.05) is 19.9 Å². The van der Waals surface area contributed by atoms with E-state index in [1.54, 1.807) is 4.90 Å². The average Bonchev–Trinajstić information content (AvgIpc) is 3.24. The zero-order valence-corrected chi connectivity index (χ0v) is 20.8. The summed E-state index contributed by atoms with van der Waals surface area (Å²) in [5.41, 5.74) is 1.75. The molecule has 2 aromatic carbocycles. The Morgan fingerprint density at radius 3 is 2.51 bits per heavy atom. The molecular formula is C26H30F2N4O2S. The summed E-state index contributed by atoms with van der Waals surface area (Å²) in [6.45, 7) is 7.85. The van der Waals surface area contributed by atoms with E-state index in [0.29, 0.717) is 28.4 Å². The van der Waals surface area contributed by atoms with E-state index in [4.69, 9.17) is 4.74 Å². The topological polar surface area (TPSA) is 48.9 Å². The van der Waals surface area contributed by atoms with Crippen molar-refractivity contribution in [2.45, 2.75) is 51.4 Å². The van der Waals surface area contributed by atoms with E-state index in [0.717, 1.165) is 38.5 Å². The van der Waals surface area contributed by atoms with E-state index >= 15 is 0 Å². The highest BCUT2D eigenvalue weighted by Crippen LogP contribution is 2.33. The second-order valence-corrected chi connectivity index (χ2v) is 10.6. The Morgan fingerprint density at radius 2 is 1.77 bits per heavy atom. The number of piperazine rings is 1. The van der Waals surface area contributed by atoms with Gasteiger partial charge in [0.05, 0.1) is 10.2 Å². The van der Waals surface area contributed by atoms with Gasteiger partial charge in [0.25, 0.3) is 0 Å². The maximum atomic E-state index is 13.6. The minimum Gasteiger partial charge on any atom is -0.446 e. The van der Waals surface area contributed by atoms with Crippen LogP contribution in [-0.2, 0) is 11.3 Å². The van der Waals surface area contributed by atoms with Crippen molar-refractivity contribution >= 4 is 32.8 Å². The third-order valence-corrected chi connectivity index (χ3v) is 7.99. The van der Waals surface area contributed by atoms with Gasteiger partial charge in [-0.15, -0.1) is 0 Å². The zero-order valence-electron chi connectivity index (χ0n) is 20.0. The van der Waals surface area contributed by atoms with E-state index in [1.165, 1.54) is 23.0 Å². The van der Waals surface area contributed by atoms with Crippen LogP contribution in [0.15, 0.2) is 42.5 Å². The van der Waals surface area contributed by atoms with Crippen molar-refractivity contribution in [2.75, 3.05) is 31.1 Å². The molecule has 2 aliphatic heterocycles. The number of nitrogens with zero attached hydrogens (tertiary/aromatic N) is 4.